The zero-order valence-electron chi connectivity index (χ0n) is 20.1. The van der Waals surface area contributed by atoms with Gasteiger partial charge < -0.3 is 9.47 Å². The van der Waals surface area contributed by atoms with Gasteiger partial charge in [-0.1, -0.05) is 65.0 Å². The third kappa shape index (κ3) is 7.39. The van der Waals surface area contributed by atoms with Gasteiger partial charge in [-0.2, -0.15) is 0 Å². The molecule has 1 fully saturated rings. The molecule has 32 heavy (non-hydrogen) atoms. The van der Waals surface area contributed by atoms with Gasteiger partial charge in [0.1, 0.15) is 11.5 Å². The van der Waals surface area contributed by atoms with Gasteiger partial charge in [0.05, 0.1) is 12.2 Å². The van der Waals surface area contributed by atoms with Gasteiger partial charge in [-0.05, 0) is 85.4 Å². The normalized spacial score (nSPS) is 19.3. The number of hydrogen-bond acceptors (Lipinski definition) is 3. The molecule has 1 aliphatic carbocycles. The van der Waals surface area contributed by atoms with Crippen LogP contribution in [0, 0.1) is 11.8 Å². The minimum absolute atomic E-state index is 0.334. The SMILES string of the molecule is CCCCCC1CCC(c2ccc(OC(=O)c3ccc(OC[C@@H](C)CC)cc3)cc2)CC1. The first-order valence-corrected chi connectivity index (χ1v) is 12.6. The van der Waals surface area contributed by atoms with Gasteiger partial charge in [-0.3, -0.25) is 0 Å². The predicted molar refractivity (Wildman–Crippen MR) is 132 cm³/mol. The fourth-order valence-corrected chi connectivity index (χ4v) is 4.49. The average Bonchev–Trinajstić information content (AvgIpc) is 2.84. The summed E-state index contributed by atoms with van der Waals surface area (Å²) in [6, 6.07) is 15.3. The van der Waals surface area contributed by atoms with Gasteiger partial charge in [0.25, 0.3) is 0 Å². The number of carbonyl (C=O) groups is 1. The summed E-state index contributed by atoms with van der Waals surface area (Å²) in [5.41, 5.74) is 1.91. The molecule has 0 aliphatic heterocycles. The number of unbranched alkanes of at least 4 members (excludes halogenated alkanes) is 2. The zero-order valence-corrected chi connectivity index (χ0v) is 20.1. The van der Waals surface area contributed by atoms with Crippen molar-refractivity contribution in [1.82, 2.24) is 0 Å². The molecule has 3 nitrogen and oxygen atoms in total. The van der Waals surface area contributed by atoms with Crippen molar-refractivity contribution in [2.24, 2.45) is 11.8 Å². The topological polar surface area (TPSA) is 35.5 Å². The van der Waals surface area contributed by atoms with Crippen LogP contribution in [0.3, 0.4) is 0 Å². The monoisotopic (exact) mass is 436 g/mol. The van der Waals surface area contributed by atoms with Crippen LogP contribution in [0.1, 0.15) is 100 Å². The number of rotatable bonds is 11. The molecule has 0 radical (unpaired) electrons. The van der Waals surface area contributed by atoms with E-state index in [0.29, 0.717) is 29.8 Å². The molecule has 1 saturated carbocycles. The average molecular weight is 437 g/mol. The molecule has 1 atom stereocenters. The molecule has 0 aromatic heterocycles. The van der Waals surface area contributed by atoms with E-state index in [1.807, 2.05) is 24.3 Å². The molecule has 0 spiro atoms. The molecule has 0 unspecified atom stereocenters. The summed E-state index contributed by atoms with van der Waals surface area (Å²) in [4.78, 5) is 12.5. The van der Waals surface area contributed by atoms with Crippen molar-refractivity contribution in [2.45, 2.75) is 84.5 Å². The minimum Gasteiger partial charge on any atom is -0.493 e. The van der Waals surface area contributed by atoms with Crippen molar-refractivity contribution < 1.29 is 14.3 Å². The van der Waals surface area contributed by atoms with Gasteiger partial charge >= 0.3 is 5.97 Å². The highest BCUT2D eigenvalue weighted by Crippen LogP contribution is 2.38. The number of hydrogen-bond donors (Lipinski definition) is 0. The van der Waals surface area contributed by atoms with Crippen LogP contribution in [-0.4, -0.2) is 12.6 Å². The maximum absolute atomic E-state index is 12.5. The summed E-state index contributed by atoms with van der Waals surface area (Å²) in [5.74, 6) is 3.13. The molecule has 0 heterocycles. The molecule has 0 bridgehead atoms. The highest BCUT2D eigenvalue weighted by molar-refractivity contribution is 5.91. The van der Waals surface area contributed by atoms with Crippen molar-refractivity contribution in [3.05, 3.63) is 59.7 Å². The van der Waals surface area contributed by atoms with Crippen LogP contribution in [0.5, 0.6) is 11.5 Å². The Labute approximate surface area is 194 Å². The van der Waals surface area contributed by atoms with Crippen LogP contribution in [0.25, 0.3) is 0 Å². The second-order valence-electron chi connectivity index (χ2n) is 9.52. The Hall–Kier alpha value is -2.29. The Balaban J connectivity index is 1.46. The Morgan fingerprint density at radius 1 is 0.906 bits per heavy atom. The second-order valence-corrected chi connectivity index (χ2v) is 9.52. The third-order valence-corrected chi connectivity index (χ3v) is 6.95. The van der Waals surface area contributed by atoms with Gasteiger partial charge in [0.2, 0.25) is 0 Å². The lowest BCUT2D eigenvalue weighted by Gasteiger charge is -2.29. The lowest BCUT2D eigenvalue weighted by molar-refractivity contribution is 0.0734. The molecule has 1 aliphatic rings. The lowest BCUT2D eigenvalue weighted by Crippen LogP contribution is -2.13. The fourth-order valence-electron chi connectivity index (χ4n) is 4.49. The Bertz CT molecular complexity index is 801. The van der Waals surface area contributed by atoms with Crippen molar-refractivity contribution in [3.63, 3.8) is 0 Å². The van der Waals surface area contributed by atoms with Crippen LogP contribution in [0.15, 0.2) is 48.5 Å². The number of ether oxygens (including phenoxy) is 2. The highest BCUT2D eigenvalue weighted by atomic mass is 16.5. The van der Waals surface area contributed by atoms with E-state index in [4.69, 9.17) is 9.47 Å². The lowest BCUT2D eigenvalue weighted by atomic mass is 9.77. The van der Waals surface area contributed by atoms with Crippen molar-refractivity contribution in [3.8, 4) is 11.5 Å². The highest BCUT2D eigenvalue weighted by Gasteiger charge is 2.22. The van der Waals surface area contributed by atoms with E-state index in [1.165, 1.54) is 56.9 Å². The largest absolute Gasteiger partial charge is 0.493 e. The molecule has 0 N–H and O–H groups in total. The van der Waals surface area contributed by atoms with Crippen LogP contribution in [0.4, 0.5) is 0 Å². The molecular formula is C29H40O3. The van der Waals surface area contributed by atoms with E-state index in [2.05, 4.69) is 32.9 Å². The standard InChI is InChI=1S/C29H40O3/c1-4-6-7-8-23-9-11-24(12-10-23)25-13-19-28(20-14-25)32-29(30)26-15-17-27(18-16-26)31-21-22(3)5-2/h13-20,22-24H,4-12,21H2,1-3H3/t22-,23?,24?/m0/s1. The van der Waals surface area contributed by atoms with Gasteiger partial charge in [0.15, 0.2) is 0 Å². The smallest absolute Gasteiger partial charge is 0.343 e. The number of esters is 1. The molecule has 0 amide bonds. The number of carbonyl (C=O) groups excluding carboxylic acids is 1. The van der Waals surface area contributed by atoms with E-state index in [1.54, 1.807) is 12.1 Å². The van der Waals surface area contributed by atoms with Crippen molar-refractivity contribution in [2.75, 3.05) is 6.61 Å². The summed E-state index contributed by atoms with van der Waals surface area (Å²) < 4.78 is 11.4. The van der Waals surface area contributed by atoms with Gasteiger partial charge in [-0.15, -0.1) is 0 Å². The second kappa shape index (κ2) is 12.7. The summed E-state index contributed by atoms with van der Waals surface area (Å²) >= 11 is 0. The van der Waals surface area contributed by atoms with E-state index in [0.717, 1.165) is 18.1 Å². The molecule has 174 valence electrons. The van der Waals surface area contributed by atoms with Gasteiger partial charge in [0, 0.05) is 0 Å². The van der Waals surface area contributed by atoms with E-state index in [-0.39, 0.29) is 5.97 Å². The van der Waals surface area contributed by atoms with Crippen molar-refractivity contribution in [1.29, 1.82) is 0 Å². The molecular weight excluding hydrogens is 396 g/mol. The van der Waals surface area contributed by atoms with Crippen LogP contribution in [0.2, 0.25) is 0 Å². The van der Waals surface area contributed by atoms with E-state index < -0.39 is 0 Å². The van der Waals surface area contributed by atoms with E-state index >= 15 is 0 Å². The van der Waals surface area contributed by atoms with Gasteiger partial charge in [-0.25, -0.2) is 4.79 Å². The maximum atomic E-state index is 12.5. The Kier molecular flexibility index (Phi) is 9.64. The zero-order chi connectivity index (χ0) is 22.8. The first-order valence-electron chi connectivity index (χ1n) is 12.6. The molecule has 2 aromatic carbocycles. The summed E-state index contributed by atoms with van der Waals surface area (Å²) in [6.07, 6.45) is 11.8. The Morgan fingerprint density at radius 3 is 2.19 bits per heavy atom. The predicted octanol–water partition coefficient (Wildman–Crippen LogP) is 8.18. The maximum Gasteiger partial charge on any atom is 0.343 e. The minimum atomic E-state index is -0.334. The van der Waals surface area contributed by atoms with Crippen molar-refractivity contribution >= 4 is 5.97 Å². The van der Waals surface area contributed by atoms with Crippen LogP contribution in [-0.2, 0) is 0 Å². The fraction of sp³-hybridized carbons (Fsp3) is 0.552. The molecule has 2 aromatic rings. The summed E-state index contributed by atoms with van der Waals surface area (Å²) in [5, 5.41) is 0. The quantitative estimate of drug-likeness (QED) is 0.202. The first-order chi connectivity index (χ1) is 15.6. The summed E-state index contributed by atoms with van der Waals surface area (Å²) in [6.45, 7) is 7.28. The molecule has 3 rings (SSSR count). The first kappa shape index (κ1) is 24.4. The van der Waals surface area contributed by atoms with Crippen LogP contribution >= 0.6 is 0 Å². The van der Waals surface area contributed by atoms with E-state index in [9.17, 15) is 4.79 Å². The molecule has 0 saturated heterocycles. The molecule has 3 heteroatoms. The number of benzene rings is 2. The van der Waals surface area contributed by atoms with Crippen LogP contribution < -0.4 is 9.47 Å². The third-order valence-electron chi connectivity index (χ3n) is 6.95. The summed E-state index contributed by atoms with van der Waals surface area (Å²) in [7, 11) is 0. The Morgan fingerprint density at radius 2 is 1.56 bits per heavy atom.